The molecule has 0 aromatic heterocycles. The van der Waals surface area contributed by atoms with Gasteiger partial charge in [-0.05, 0) is 30.7 Å². The zero-order valence-corrected chi connectivity index (χ0v) is 14.9. The summed E-state index contributed by atoms with van der Waals surface area (Å²) in [7, 11) is 3.49. The maximum Gasteiger partial charge on any atom is 0.317 e. The predicted octanol–water partition coefficient (Wildman–Crippen LogP) is 1.28. The lowest BCUT2D eigenvalue weighted by atomic mass is 10.1. The summed E-state index contributed by atoms with van der Waals surface area (Å²) >= 11 is 0. The lowest BCUT2D eigenvalue weighted by Gasteiger charge is -2.34. The Balaban J connectivity index is 1.79. The normalized spacial score (nSPS) is 15.2. The number of amides is 3. The second-order valence-corrected chi connectivity index (χ2v) is 6.30. The lowest BCUT2D eigenvalue weighted by Crippen LogP contribution is -2.51. The summed E-state index contributed by atoms with van der Waals surface area (Å²) in [4.78, 5) is 29.9. The van der Waals surface area contributed by atoms with E-state index < -0.39 is 0 Å². The standard InChI is InChI=1S/C18H28N4O2/c1-4-21-10-12-22(13-11-21)18(24)19-9-8-15-6-5-7-16(14-15)17(23)20(2)3/h5-7,14H,4,8-13H2,1-3H3,(H,19,24). The molecule has 1 fully saturated rings. The lowest BCUT2D eigenvalue weighted by molar-refractivity contribution is 0.0827. The van der Waals surface area contributed by atoms with Gasteiger partial charge in [0, 0.05) is 52.4 Å². The maximum absolute atomic E-state index is 12.2. The van der Waals surface area contributed by atoms with Crippen molar-refractivity contribution in [3.05, 3.63) is 35.4 Å². The van der Waals surface area contributed by atoms with Gasteiger partial charge in [-0.3, -0.25) is 4.79 Å². The van der Waals surface area contributed by atoms with Crippen LogP contribution in [0.15, 0.2) is 24.3 Å². The first-order chi connectivity index (χ1) is 11.5. The first-order valence-electron chi connectivity index (χ1n) is 8.57. The van der Waals surface area contributed by atoms with Crippen LogP contribution < -0.4 is 5.32 Å². The Bertz CT molecular complexity index is 566. The van der Waals surface area contributed by atoms with Gasteiger partial charge in [0.25, 0.3) is 5.91 Å². The molecule has 0 aliphatic carbocycles. The molecule has 1 saturated heterocycles. The Morgan fingerprint density at radius 2 is 1.88 bits per heavy atom. The number of piperazine rings is 1. The van der Waals surface area contributed by atoms with Crippen molar-refractivity contribution in [2.45, 2.75) is 13.3 Å². The number of nitrogens with one attached hydrogen (secondary N) is 1. The number of hydrogen-bond acceptors (Lipinski definition) is 3. The molecule has 6 heteroatoms. The fourth-order valence-electron chi connectivity index (χ4n) is 2.81. The van der Waals surface area contributed by atoms with Crippen molar-refractivity contribution in [1.29, 1.82) is 0 Å². The number of nitrogens with zero attached hydrogens (tertiary/aromatic N) is 3. The number of urea groups is 1. The molecular weight excluding hydrogens is 304 g/mol. The van der Waals surface area contributed by atoms with Gasteiger partial charge in [-0.15, -0.1) is 0 Å². The Labute approximate surface area is 144 Å². The van der Waals surface area contributed by atoms with Gasteiger partial charge < -0.3 is 20.0 Å². The number of hydrogen-bond donors (Lipinski definition) is 1. The summed E-state index contributed by atoms with van der Waals surface area (Å²) < 4.78 is 0. The molecule has 24 heavy (non-hydrogen) atoms. The summed E-state index contributed by atoms with van der Waals surface area (Å²) in [5.74, 6) is -0.00493. The highest BCUT2D eigenvalue weighted by Gasteiger charge is 2.19. The van der Waals surface area contributed by atoms with Crippen LogP contribution >= 0.6 is 0 Å². The van der Waals surface area contributed by atoms with Crippen LogP contribution in [0.4, 0.5) is 4.79 Å². The monoisotopic (exact) mass is 332 g/mol. The molecule has 1 aromatic carbocycles. The molecule has 0 bridgehead atoms. The van der Waals surface area contributed by atoms with Crippen LogP contribution in [0.5, 0.6) is 0 Å². The molecule has 2 rings (SSSR count). The van der Waals surface area contributed by atoms with E-state index in [1.165, 1.54) is 0 Å². The minimum absolute atomic E-state index is 0.00493. The van der Waals surface area contributed by atoms with Gasteiger partial charge in [0.1, 0.15) is 0 Å². The van der Waals surface area contributed by atoms with Crippen molar-refractivity contribution in [3.63, 3.8) is 0 Å². The van der Waals surface area contributed by atoms with Crippen LogP contribution in [-0.2, 0) is 6.42 Å². The van der Waals surface area contributed by atoms with Crippen LogP contribution in [0.25, 0.3) is 0 Å². The van der Waals surface area contributed by atoms with E-state index in [0.717, 1.165) is 44.7 Å². The quantitative estimate of drug-likeness (QED) is 0.884. The number of rotatable bonds is 5. The van der Waals surface area contributed by atoms with Gasteiger partial charge in [-0.2, -0.15) is 0 Å². The Kier molecular flexibility index (Phi) is 6.61. The van der Waals surface area contributed by atoms with Crippen molar-refractivity contribution < 1.29 is 9.59 Å². The van der Waals surface area contributed by atoms with Crippen LogP contribution in [0.2, 0.25) is 0 Å². The molecule has 0 atom stereocenters. The molecular formula is C18H28N4O2. The van der Waals surface area contributed by atoms with Crippen molar-refractivity contribution in [2.75, 3.05) is 53.4 Å². The summed E-state index contributed by atoms with van der Waals surface area (Å²) in [5, 5.41) is 2.98. The number of carbonyl (C=O) groups is 2. The van der Waals surface area contributed by atoms with E-state index >= 15 is 0 Å². The Morgan fingerprint density at radius 1 is 1.17 bits per heavy atom. The smallest absolute Gasteiger partial charge is 0.317 e. The third kappa shape index (κ3) is 4.96. The number of likely N-dealkylation sites (N-methyl/N-ethyl adjacent to an activating group) is 1. The summed E-state index contributed by atoms with van der Waals surface area (Å²) in [6.45, 7) is 7.21. The van der Waals surface area contributed by atoms with Gasteiger partial charge in [0.15, 0.2) is 0 Å². The zero-order valence-electron chi connectivity index (χ0n) is 14.9. The molecule has 0 spiro atoms. The molecule has 0 unspecified atom stereocenters. The van der Waals surface area contributed by atoms with E-state index in [0.29, 0.717) is 12.1 Å². The van der Waals surface area contributed by atoms with E-state index in [9.17, 15) is 9.59 Å². The van der Waals surface area contributed by atoms with E-state index in [4.69, 9.17) is 0 Å². The topological polar surface area (TPSA) is 55.9 Å². The summed E-state index contributed by atoms with van der Waals surface area (Å²) in [6, 6.07) is 7.59. The van der Waals surface area contributed by atoms with Crippen LogP contribution in [-0.4, -0.2) is 80.0 Å². The molecule has 1 aliphatic rings. The summed E-state index contributed by atoms with van der Waals surface area (Å²) in [6.07, 6.45) is 0.717. The Hall–Kier alpha value is -2.08. The van der Waals surface area contributed by atoms with Crippen molar-refractivity contribution in [3.8, 4) is 0 Å². The van der Waals surface area contributed by atoms with Gasteiger partial charge >= 0.3 is 6.03 Å². The second kappa shape index (κ2) is 8.68. The third-order valence-electron chi connectivity index (χ3n) is 4.38. The molecule has 1 aromatic rings. The second-order valence-electron chi connectivity index (χ2n) is 6.30. The van der Waals surface area contributed by atoms with Crippen molar-refractivity contribution >= 4 is 11.9 Å². The molecule has 1 N–H and O–H groups in total. The molecule has 6 nitrogen and oxygen atoms in total. The van der Waals surface area contributed by atoms with Crippen LogP contribution in [0.3, 0.4) is 0 Å². The molecule has 0 radical (unpaired) electrons. The van der Waals surface area contributed by atoms with E-state index in [1.54, 1.807) is 19.0 Å². The average Bonchev–Trinajstić information content (AvgIpc) is 2.61. The van der Waals surface area contributed by atoms with E-state index in [1.807, 2.05) is 29.2 Å². The number of benzene rings is 1. The highest BCUT2D eigenvalue weighted by Crippen LogP contribution is 2.08. The van der Waals surface area contributed by atoms with Crippen LogP contribution in [0, 0.1) is 0 Å². The van der Waals surface area contributed by atoms with Gasteiger partial charge in [-0.25, -0.2) is 4.79 Å². The predicted molar refractivity (Wildman–Crippen MR) is 95.2 cm³/mol. The highest BCUT2D eigenvalue weighted by atomic mass is 16.2. The fraction of sp³-hybridized carbons (Fsp3) is 0.556. The van der Waals surface area contributed by atoms with E-state index in [2.05, 4.69) is 17.1 Å². The Morgan fingerprint density at radius 3 is 2.50 bits per heavy atom. The van der Waals surface area contributed by atoms with Crippen molar-refractivity contribution in [1.82, 2.24) is 20.0 Å². The third-order valence-corrected chi connectivity index (χ3v) is 4.38. The molecule has 3 amide bonds. The maximum atomic E-state index is 12.2. The van der Waals surface area contributed by atoms with Gasteiger partial charge in [-0.1, -0.05) is 19.1 Å². The molecule has 1 aliphatic heterocycles. The molecule has 132 valence electrons. The minimum atomic E-state index is -0.00493. The molecule has 0 saturated carbocycles. The average molecular weight is 332 g/mol. The first-order valence-corrected chi connectivity index (χ1v) is 8.57. The van der Waals surface area contributed by atoms with Crippen LogP contribution in [0.1, 0.15) is 22.8 Å². The fourth-order valence-corrected chi connectivity index (χ4v) is 2.81. The minimum Gasteiger partial charge on any atom is -0.345 e. The largest absolute Gasteiger partial charge is 0.345 e. The number of carbonyl (C=O) groups excluding carboxylic acids is 2. The van der Waals surface area contributed by atoms with Crippen molar-refractivity contribution in [2.24, 2.45) is 0 Å². The summed E-state index contributed by atoms with van der Waals surface area (Å²) in [5.41, 5.74) is 1.73. The van der Waals surface area contributed by atoms with Gasteiger partial charge in [0.2, 0.25) is 0 Å². The molecule has 1 heterocycles. The highest BCUT2D eigenvalue weighted by molar-refractivity contribution is 5.94. The van der Waals surface area contributed by atoms with Gasteiger partial charge in [0.05, 0.1) is 0 Å². The SMILES string of the molecule is CCN1CCN(C(=O)NCCc2cccc(C(=O)N(C)C)c2)CC1. The zero-order chi connectivity index (χ0) is 17.5. The van der Waals surface area contributed by atoms with E-state index in [-0.39, 0.29) is 11.9 Å². The first kappa shape index (κ1) is 18.3.